The number of hydrogen-bond donors (Lipinski definition) is 4. The molecule has 7 nitrogen and oxygen atoms in total. The minimum Gasteiger partial charge on any atom is -0.508 e. The quantitative estimate of drug-likeness (QED) is 0.449. The number of benzene rings is 2. The van der Waals surface area contributed by atoms with Crippen molar-refractivity contribution in [3.63, 3.8) is 0 Å². The zero-order chi connectivity index (χ0) is 22.5. The van der Waals surface area contributed by atoms with Crippen molar-refractivity contribution in [2.24, 2.45) is 5.92 Å². The van der Waals surface area contributed by atoms with Crippen molar-refractivity contribution < 1.29 is 29.6 Å². The molecule has 31 heavy (non-hydrogen) atoms. The number of ether oxygens (including phenoxy) is 1. The van der Waals surface area contributed by atoms with Gasteiger partial charge in [0.05, 0.1) is 6.10 Å². The van der Waals surface area contributed by atoms with Crippen LogP contribution < -0.4 is 10.1 Å². The van der Waals surface area contributed by atoms with Crippen molar-refractivity contribution in [3.05, 3.63) is 47.0 Å². The van der Waals surface area contributed by atoms with Gasteiger partial charge >= 0.3 is 5.97 Å². The van der Waals surface area contributed by atoms with Gasteiger partial charge in [0.2, 0.25) is 5.91 Å². The maximum absolute atomic E-state index is 11.7. The Balaban J connectivity index is 1.75. The van der Waals surface area contributed by atoms with Crippen LogP contribution in [0.25, 0.3) is 0 Å². The molecule has 1 fully saturated rings. The lowest BCUT2D eigenvalue weighted by molar-refractivity contribution is -0.139. The van der Waals surface area contributed by atoms with E-state index in [2.05, 4.69) is 5.32 Å². The lowest BCUT2D eigenvalue weighted by atomic mass is 9.95. The van der Waals surface area contributed by atoms with Gasteiger partial charge in [0.25, 0.3) is 0 Å². The number of anilines is 1. The SMILES string of the molecule is Cc1cc(NC(=O)CC(=O)O)cc(C)c1Oc1ccc(O)c(C(O)CC2CCCC2)c1. The largest absolute Gasteiger partial charge is 0.508 e. The van der Waals surface area contributed by atoms with Crippen LogP contribution in [0, 0.1) is 19.8 Å². The summed E-state index contributed by atoms with van der Waals surface area (Å²) >= 11 is 0. The van der Waals surface area contributed by atoms with E-state index in [0.717, 1.165) is 24.0 Å². The first kappa shape index (κ1) is 22.6. The van der Waals surface area contributed by atoms with E-state index in [1.54, 1.807) is 24.3 Å². The van der Waals surface area contributed by atoms with Gasteiger partial charge in [0.1, 0.15) is 23.7 Å². The van der Waals surface area contributed by atoms with E-state index >= 15 is 0 Å². The zero-order valence-electron chi connectivity index (χ0n) is 17.9. The van der Waals surface area contributed by atoms with E-state index in [1.807, 2.05) is 13.8 Å². The summed E-state index contributed by atoms with van der Waals surface area (Å²) in [5, 5.41) is 32.2. The number of aliphatic hydroxyl groups is 1. The predicted molar refractivity (Wildman–Crippen MR) is 117 cm³/mol. The lowest BCUT2D eigenvalue weighted by Crippen LogP contribution is -2.16. The molecule has 1 amide bonds. The van der Waals surface area contributed by atoms with Crippen LogP contribution in [0.3, 0.4) is 0 Å². The van der Waals surface area contributed by atoms with Gasteiger partial charge in [-0.15, -0.1) is 0 Å². The second-order valence-electron chi connectivity index (χ2n) is 8.28. The number of aliphatic carboxylic acids is 1. The van der Waals surface area contributed by atoms with Crippen LogP contribution in [0.2, 0.25) is 0 Å². The van der Waals surface area contributed by atoms with E-state index < -0.39 is 24.4 Å². The van der Waals surface area contributed by atoms with Crippen LogP contribution in [-0.4, -0.2) is 27.2 Å². The number of amides is 1. The molecule has 1 aliphatic carbocycles. The summed E-state index contributed by atoms with van der Waals surface area (Å²) in [6.07, 6.45) is 3.88. The van der Waals surface area contributed by atoms with Crippen molar-refractivity contribution in [1.82, 2.24) is 0 Å². The third-order valence-electron chi connectivity index (χ3n) is 5.67. The highest BCUT2D eigenvalue weighted by Gasteiger charge is 2.22. The summed E-state index contributed by atoms with van der Waals surface area (Å²) < 4.78 is 6.05. The Morgan fingerprint density at radius 1 is 1.13 bits per heavy atom. The Labute approximate surface area is 181 Å². The van der Waals surface area contributed by atoms with Gasteiger partial charge in [0.15, 0.2) is 0 Å². The molecule has 0 bridgehead atoms. The van der Waals surface area contributed by atoms with E-state index in [-0.39, 0.29) is 5.75 Å². The van der Waals surface area contributed by atoms with E-state index in [0.29, 0.717) is 35.1 Å². The van der Waals surface area contributed by atoms with Gasteiger partial charge < -0.3 is 25.4 Å². The molecule has 1 saturated carbocycles. The van der Waals surface area contributed by atoms with Gasteiger partial charge in [-0.1, -0.05) is 25.7 Å². The zero-order valence-corrected chi connectivity index (χ0v) is 17.9. The predicted octanol–water partition coefficient (Wildman–Crippen LogP) is 4.83. The third-order valence-corrected chi connectivity index (χ3v) is 5.67. The monoisotopic (exact) mass is 427 g/mol. The second kappa shape index (κ2) is 9.83. The Kier molecular flexibility index (Phi) is 7.17. The van der Waals surface area contributed by atoms with Gasteiger partial charge in [-0.25, -0.2) is 0 Å². The third kappa shape index (κ3) is 5.98. The van der Waals surface area contributed by atoms with E-state index in [1.165, 1.54) is 18.9 Å². The fraction of sp³-hybridized carbons (Fsp3) is 0.417. The number of aromatic hydroxyl groups is 1. The number of carbonyl (C=O) groups is 2. The van der Waals surface area contributed by atoms with Crippen molar-refractivity contribution in [2.75, 3.05) is 5.32 Å². The molecule has 0 saturated heterocycles. The Bertz CT molecular complexity index is 942. The normalized spacial score (nSPS) is 14.9. The number of phenols is 1. The number of rotatable bonds is 8. The smallest absolute Gasteiger partial charge is 0.312 e. The molecule has 0 aromatic heterocycles. The van der Waals surface area contributed by atoms with Crippen LogP contribution in [0.4, 0.5) is 5.69 Å². The number of phenolic OH excluding ortho intramolecular Hbond substituents is 1. The molecule has 7 heteroatoms. The van der Waals surface area contributed by atoms with E-state index in [4.69, 9.17) is 9.84 Å². The first-order valence-corrected chi connectivity index (χ1v) is 10.5. The summed E-state index contributed by atoms with van der Waals surface area (Å²) in [7, 11) is 0. The molecule has 0 spiro atoms. The highest BCUT2D eigenvalue weighted by Crippen LogP contribution is 2.38. The summed E-state index contributed by atoms with van der Waals surface area (Å²) in [6, 6.07) is 8.24. The topological polar surface area (TPSA) is 116 Å². The minimum absolute atomic E-state index is 0.0442. The molecule has 2 aromatic rings. The summed E-state index contributed by atoms with van der Waals surface area (Å²) in [5.74, 6) is -0.177. The molecule has 0 radical (unpaired) electrons. The lowest BCUT2D eigenvalue weighted by Gasteiger charge is -2.19. The molecular formula is C24H29NO6. The van der Waals surface area contributed by atoms with Crippen molar-refractivity contribution in [1.29, 1.82) is 0 Å². The van der Waals surface area contributed by atoms with Crippen molar-refractivity contribution >= 4 is 17.6 Å². The fourth-order valence-corrected chi connectivity index (χ4v) is 4.20. The summed E-state index contributed by atoms with van der Waals surface area (Å²) in [6.45, 7) is 3.65. The number of aryl methyl sites for hydroxylation is 2. The molecule has 4 N–H and O–H groups in total. The van der Waals surface area contributed by atoms with Gasteiger partial charge in [-0.05, 0) is 67.6 Å². The molecule has 0 heterocycles. The molecule has 1 atom stereocenters. The standard InChI is InChI=1S/C24H29NO6/c1-14-9-17(25-22(28)13-23(29)30)10-15(2)24(14)31-18-7-8-20(26)19(12-18)21(27)11-16-5-3-4-6-16/h7-10,12,16,21,26-27H,3-6,11,13H2,1-2H3,(H,25,28)(H,29,30). The number of carboxylic acids is 1. The molecule has 3 rings (SSSR count). The van der Waals surface area contributed by atoms with Gasteiger partial charge in [-0.3, -0.25) is 9.59 Å². The highest BCUT2D eigenvalue weighted by molar-refractivity contribution is 6.01. The van der Waals surface area contributed by atoms with Gasteiger partial charge in [0, 0.05) is 11.3 Å². The van der Waals surface area contributed by atoms with Crippen LogP contribution in [0.5, 0.6) is 17.2 Å². The molecule has 1 aliphatic rings. The summed E-state index contributed by atoms with van der Waals surface area (Å²) in [4.78, 5) is 22.4. The first-order chi connectivity index (χ1) is 14.7. The van der Waals surface area contributed by atoms with Crippen LogP contribution >= 0.6 is 0 Å². The fourth-order valence-electron chi connectivity index (χ4n) is 4.20. The number of carboxylic acid groups (broad SMARTS) is 1. The minimum atomic E-state index is -1.19. The Morgan fingerprint density at radius 3 is 2.39 bits per heavy atom. The van der Waals surface area contributed by atoms with Crippen LogP contribution in [-0.2, 0) is 9.59 Å². The molecule has 0 aliphatic heterocycles. The molecule has 2 aromatic carbocycles. The number of nitrogens with one attached hydrogen (secondary N) is 1. The van der Waals surface area contributed by atoms with Crippen molar-refractivity contribution in [3.8, 4) is 17.2 Å². The Morgan fingerprint density at radius 2 is 1.77 bits per heavy atom. The number of carbonyl (C=O) groups excluding carboxylic acids is 1. The molecule has 166 valence electrons. The second-order valence-corrected chi connectivity index (χ2v) is 8.28. The average Bonchev–Trinajstić information content (AvgIpc) is 3.18. The van der Waals surface area contributed by atoms with Crippen molar-refractivity contribution in [2.45, 2.75) is 58.5 Å². The maximum Gasteiger partial charge on any atom is 0.312 e. The number of aliphatic hydroxyl groups excluding tert-OH is 1. The maximum atomic E-state index is 11.7. The summed E-state index contributed by atoms with van der Waals surface area (Å²) in [5.41, 5.74) is 2.46. The van der Waals surface area contributed by atoms with Crippen LogP contribution in [0.1, 0.15) is 61.3 Å². The number of hydrogen-bond acceptors (Lipinski definition) is 5. The van der Waals surface area contributed by atoms with Gasteiger partial charge in [-0.2, -0.15) is 0 Å². The first-order valence-electron chi connectivity index (χ1n) is 10.5. The Hall–Kier alpha value is -3.06. The molecular weight excluding hydrogens is 398 g/mol. The molecule has 1 unspecified atom stereocenters. The van der Waals surface area contributed by atoms with Crippen LogP contribution in [0.15, 0.2) is 30.3 Å². The average molecular weight is 427 g/mol. The van der Waals surface area contributed by atoms with E-state index in [9.17, 15) is 19.8 Å². The highest BCUT2D eigenvalue weighted by atomic mass is 16.5.